The molecule has 1 aliphatic rings. The fourth-order valence-electron chi connectivity index (χ4n) is 0.678. The minimum Gasteiger partial charge on any atom is -0.532 e. The topological polar surface area (TPSA) is 35.0 Å². The number of hydrogen-bond donors (Lipinski definition) is 0. The summed E-state index contributed by atoms with van der Waals surface area (Å²) < 4.78 is 6.53. The molecule has 8 heavy (non-hydrogen) atoms. The van der Waals surface area contributed by atoms with Crippen molar-refractivity contribution in [3.8, 4) is 0 Å². The molecule has 3 nitrogen and oxygen atoms in total. The molecule has 0 aliphatic carbocycles. The van der Waals surface area contributed by atoms with Crippen LogP contribution in [0.15, 0.2) is 0 Å². The summed E-state index contributed by atoms with van der Waals surface area (Å²) in [6.07, 6.45) is 1.94. The normalized spacial score (nSPS) is 25.1. The summed E-state index contributed by atoms with van der Waals surface area (Å²) in [5.41, 5.74) is 0. The maximum absolute atomic E-state index is 10.4. The maximum Gasteiger partial charge on any atom is 0.261 e. The molecule has 1 rings (SSSR count). The largest absolute Gasteiger partial charge is 0.532 e. The van der Waals surface area contributed by atoms with Gasteiger partial charge in [0, 0.05) is 6.42 Å². The molecule has 1 fully saturated rings. The molecule has 0 bridgehead atoms. The molecule has 0 aromatic heterocycles. The van der Waals surface area contributed by atoms with E-state index in [9.17, 15) is 5.26 Å². The highest BCUT2D eigenvalue weighted by Crippen LogP contribution is 2.00. The number of rotatable bonds is 0. The van der Waals surface area contributed by atoms with E-state index < -0.39 is 0 Å². The lowest BCUT2D eigenvalue weighted by molar-refractivity contribution is -0.805. The fourth-order valence-corrected chi connectivity index (χ4v) is 0.678. The first-order chi connectivity index (χ1) is 3.89. The van der Waals surface area contributed by atoms with E-state index in [1.54, 1.807) is 4.52 Å². The van der Waals surface area contributed by atoms with E-state index >= 15 is 0 Å². The molecule has 0 saturated carbocycles. The van der Waals surface area contributed by atoms with Gasteiger partial charge in [-0.2, -0.15) is 0 Å². The predicted octanol–water partition coefficient (Wildman–Crippen LogP) is -0.418. The van der Waals surface area contributed by atoms with Crippen molar-refractivity contribution in [1.82, 2.24) is 0 Å². The van der Waals surface area contributed by atoms with Crippen molar-refractivity contribution in [3.63, 3.8) is 0 Å². The third kappa shape index (κ3) is 1.78. The second-order valence-electron chi connectivity index (χ2n) is 1.88. The Morgan fingerprint density at radius 2 is 2.25 bits per heavy atom. The Bertz CT molecular complexity index is 56.7. The van der Waals surface area contributed by atoms with Gasteiger partial charge in [0.15, 0.2) is 6.61 Å². The third-order valence-corrected chi connectivity index (χ3v) is 1.13. The molecule has 3 heteroatoms. The molecule has 0 aromatic carbocycles. The van der Waals surface area contributed by atoms with Crippen LogP contribution in [0.2, 0.25) is 0 Å². The number of ether oxygens (including phenoxy) is 1. The predicted molar refractivity (Wildman–Crippen MR) is 26.0 cm³/mol. The second-order valence-corrected chi connectivity index (χ2v) is 1.88. The highest BCUT2D eigenvalue weighted by atomic mass is 17.2. The van der Waals surface area contributed by atoms with Crippen LogP contribution in [0.3, 0.4) is 0 Å². The van der Waals surface area contributed by atoms with E-state index in [1.165, 1.54) is 0 Å². The Labute approximate surface area is 48.5 Å². The maximum atomic E-state index is 10.4. The van der Waals surface area contributed by atoms with Gasteiger partial charge < -0.3 is 14.5 Å². The van der Waals surface area contributed by atoms with Gasteiger partial charge in [0.25, 0.3) is 6.79 Å². The highest BCUT2D eigenvalue weighted by Gasteiger charge is 2.04. The Hall–Kier alpha value is -0.120. The van der Waals surface area contributed by atoms with Gasteiger partial charge in [0.05, 0.1) is 6.61 Å². The molecular formula is C5H10O3. The van der Waals surface area contributed by atoms with Gasteiger partial charge >= 0.3 is 0 Å². The van der Waals surface area contributed by atoms with Gasteiger partial charge in [-0.15, -0.1) is 0 Å². The van der Waals surface area contributed by atoms with Gasteiger partial charge in [-0.25, -0.2) is 0 Å². The third-order valence-electron chi connectivity index (χ3n) is 1.13. The summed E-state index contributed by atoms with van der Waals surface area (Å²) in [5.74, 6) is 0. The molecular weight excluding hydrogens is 108 g/mol. The van der Waals surface area contributed by atoms with Crippen molar-refractivity contribution in [2.45, 2.75) is 12.8 Å². The average Bonchev–Trinajstić information content (AvgIpc) is 1.94. The average molecular weight is 118 g/mol. The minimum atomic E-state index is 0.181. The van der Waals surface area contributed by atoms with Crippen LogP contribution in [0.5, 0.6) is 0 Å². The van der Waals surface area contributed by atoms with Crippen LogP contribution in [-0.2, 0) is 9.25 Å². The van der Waals surface area contributed by atoms with Gasteiger partial charge in [0.1, 0.15) is 0 Å². The zero-order valence-corrected chi connectivity index (χ0v) is 4.76. The van der Waals surface area contributed by atoms with Crippen molar-refractivity contribution in [2.24, 2.45) is 0 Å². The van der Waals surface area contributed by atoms with Gasteiger partial charge in [-0.05, 0) is 6.42 Å². The van der Waals surface area contributed by atoms with Gasteiger partial charge in [0.2, 0.25) is 0 Å². The standard InChI is InChI=1S/C5H10O3/c6-8-4-2-1-3-7-5-8/h1-5H2. The highest BCUT2D eigenvalue weighted by molar-refractivity contribution is 4.39. The van der Waals surface area contributed by atoms with Crippen LogP contribution >= 0.6 is 0 Å². The lowest BCUT2D eigenvalue weighted by Gasteiger charge is -2.16. The summed E-state index contributed by atoms with van der Waals surface area (Å²) in [7, 11) is 0. The first kappa shape index (κ1) is 6.01. The Kier molecular flexibility index (Phi) is 2.27. The molecule has 1 aliphatic heterocycles. The SMILES string of the molecule is [O-][O+]1CCCCOC1. The van der Waals surface area contributed by atoms with Gasteiger partial charge in [-0.3, -0.25) is 0 Å². The quantitative estimate of drug-likeness (QED) is 0.320. The van der Waals surface area contributed by atoms with E-state index in [4.69, 9.17) is 4.74 Å². The van der Waals surface area contributed by atoms with Crippen molar-refractivity contribution in [3.05, 3.63) is 0 Å². The van der Waals surface area contributed by atoms with E-state index in [2.05, 4.69) is 0 Å². The number of hydrogen-bond acceptors (Lipinski definition) is 2. The van der Waals surface area contributed by atoms with E-state index in [0.717, 1.165) is 19.4 Å². The van der Waals surface area contributed by atoms with Crippen LogP contribution in [0, 0.1) is 0 Å². The van der Waals surface area contributed by atoms with Crippen molar-refractivity contribution < 1.29 is 14.5 Å². The van der Waals surface area contributed by atoms with E-state index in [-0.39, 0.29) is 6.79 Å². The monoisotopic (exact) mass is 118 g/mol. The van der Waals surface area contributed by atoms with Crippen LogP contribution < -0.4 is 5.26 Å². The van der Waals surface area contributed by atoms with Crippen LogP contribution in [0.1, 0.15) is 12.8 Å². The Morgan fingerprint density at radius 3 is 3.12 bits per heavy atom. The summed E-state index contributed by atoms with van der Waals surface area (Å²) in [6.45, 7) is 1.46. The Balaban J connectivity index is 2.17. The molecule has 0 unspecified atom stereocenters. The van der Waals surface area contributed by atoms with E-state index in [0.29, 0.717) is 6.61 Å². The van der Waals surface area contributed by atoms with E-state index in [1.807, 2.05) is 0 Å². The van der Waals surface area contributed by atoms with Crippen molar-refractivity contribution in [2.75, 3.05) is 20.0 Å². The first-order valence-electron chi connectivity index (χ1n) is 2.82. The smallest absolute Gasteiger partial charge is 0.261 e. The molecule has 0 spiro atoms. The molecule has 0 N–H and O–H groups in total. The zero-order valence-electron chi connectivity index (χ0n) is 4.76. The summed E-state index contributed by atoms with van der Waals surface area (Å²) >= 11 is 0. The molecule has 0 aromatic rings. The second kappa shape index (κ2) is 3.02. The van der Waals surface area contributed by atoms with Crippen molar-refractivity contribution in [1.29, 1.82) is 0 Å². The molecule has 1 saturated heterocycles. The molecule has 1 heterocycles. The summed E-state index contributed by atoms with van der Waals surface area (Å²) in [5, 5.41) is 10.4. The minimum absolute atomic E-state index is 0.181. The lowest BCUT2D eigenvalue weighted by atomic mass is 10.3. The zero-order chi connectivity index (χ0) is 5.82. The van der Waals surface area contributed by atoms with Crippen LogP contribution in [-0.4, -0.2) is 20.0 Å². The summed E-state index contributed by atoms with van der Waals surface area (Å²) in [4.78, 5) is 0. The molecule has 0 atom stereocenters. The van der Waals surface area contributed by atoms with Crippen LogP contribution in [0.4, 0.5) is 0 Å². The van der Waals surface area contributed by atoms with Crippen molar-refractivity contribution >= 4 is 0 Å². The van der Waals surface area contributed by atoms with Crippen LogP contribution in [0.25, 0.3) is 0 Å². The lowest BCUT2D eigenvalue weighted by Crippen LogP contribution is -2.27. The molecule has 0 amide bonds. The summed E-state index contributed by atoms with van der Waals surface area (Å²) in [6, 6.07) is 0. The van der Waals surface area contributed by atoms with Gasteiger partial charge in [-0.1, -0.05) is 0 Å². The molecule has 0 radical (unpaired) electrons. The first-order valence-corrected chi connectivity index (χ1v) is 2.82. The molecule has 48 valence electrons. The Morgan fingerprint density at radius 1 is 1.38 bits per heavy atom. The fraction of sp³-hybridized carbons (Fsp3) is 1.00.